The summed E-state index contributed by atoms with van der Waals surface area (Å²) >= 11 is 0. The Labute approximate surface area is 192 Å². The molecule has 1 unspecified atom stereocenters. The first-order valence-electron chi connectivity index (χ1n) is 11.8. The van der Waals surface area contributed by atoms with E-state index in [1.807, 2.05) is 60.4 Å². The number of rotatable bonds is 10. The van der Waals surface area contributed by atoms with Gasteiger partial charge < -0.3 is 24.6 Å². The van der Waals surface area contributed by atoms with Gasteiger partial charge in [0.1, 0.15) is 11.5 Å². The Bertz CT molecular complexity index is 840. The summed E-state index contributed by atoms with van der Waals surface area (Å²) in [5, 5.41) is 3.03. The maximum atomic E-state index is 13.2. The highest BCUT2D eigenvalue weighted by molar-refractivity contribution is 5.91. The summed E-state index contributed by atoms with van der Waals surface area (Å²) in [7, 11) is 1.61. The minimum Gasteiger partial charge on any atom is -0.495 e. The summed E-state index contributed by atoms with van der Waals surface area (Å²) in [6.07, 6.45) is 4.81. The number of hydrogen-bond acceptors (Lipinski definition) is 4. The first-order chi connectivity index (χ1) is 15.6. The molecule has 0 bridgehead atoms. The van der Waals surface area contributed by atoms with E-state index in [2.05, 4.69) is 17.1 Å². The highest BCUT2D eigenvalue weighted by Crippen LogP contribution is 2.24. The first kappa shape index (κ1) is 23.9. The predicted octanol–water partition coefficient (Wildman–Crippen LogP) is 5.39. The van der Waals surface area contributed by atoms with Crippen LogP contribution in [0.1, 0.15) is 45.1 Å². The molecule has 2 aromatic rings. The minimum absolute atomic E-state index is 0.116. The lowest BCUT2D eigenvalue weighted by Gasteiger charge is -2.34. The van der Waals surface area contributed by atoms with Crippen LogP contribution in [0.15, 0.2) is 48.5 Å². The Balaban J connectivity index is 1.66. The van der Waals surface area contributed by atoms with Gasteiger partial charge in [-0.25, -0.2) is 4.79 Å². The number of nitrogens with one attached hydrogen (secondary N) is 1. The molecule has 1 saturated heterocycles. The van der Waals surface area contributed by atoms with Gasteiger partial charge in [0.05, 0.1) is 19.4 Å². The van der Waals surface area contributed by atoms with Crippen molar-refractivity contribution in [2.24, 2.45) is 0 Å². The number of methoxy groups -OCH3 is 1. The van der Waals surface area contributed by atoms with Crippen molar-refractivity contribution in [1.82, 2.24) is 9.80 Å². The van der Waals surface area contributed by atoms with E-state index in [-0.39, 0.29) is 6.03 Å². The van der Waals surface area contributed by atoms with E-state index >= 15 is 0 Å². The predicted molar refractivity (Wildman–Crippen MR) is 130 cm³/mol. The van der Waals surface area contributed by atoms with Crippen molar-refractivity contribution in [2.45, 2.75) is 52.1 Å². The molecule has 0 radical (unpaired) electrons. The van der Waals surface area contributed by atoms with Gasteiger partial charge in [0, 0.05) is 25.7 Å². The van der Waals surface area contributed by atoms with Gasteiger partial charge in [-0.05, 0) is 69.5 Å². The third-order valence-electron chi connectivity index (χ3n) is 6.06. The number of hydrogen-bond donors (Lipinski definition) is 1. The molecular weight excluding hydrogens is 402 g/mol. The Morgan fingerprint density at radius 1 is 1.16 bits per heavy atom. The number of carbonyl (C=O) groups is 1. The summed E-state index contributed by atoms with van der Waals surface area (Å²) in [5.41, 5.74) is 1.76. The Morgan fingerprint density at radius 3 is 2.66 bits per heavy atom. The van der Waals surface area contributed by atoms with E-state index in [0.29, 0.717) is 37.2 Å². The molecule has 0 aliphatic carbocycles. The van der Waals surface area contributed by atoms with Gasteiger partial charge in [-0.1, -0.05) is 30.7 Å². The average Bonchev–Trinajstić information content (AvgIpc) is 2.81. The third-order valence-corrected chi connectivity index (χ3v) is 6.06. The van der Waals surface area contributed by atoms with Gasteiger partial charge in [0.25, 0.3) is 0 Å². The van der Waals surface area contributed by atoms with Crippen LogP contribution in [0, 0.1) is 0 Å². The van der Waals surface area contributed by atoms with Gasteiger partial charge >= 0.3 is 6.03 Å². The standard InChI is InChI=1S/C26H37N3O3/c1-4-32-23-15-13-22(14-16-23)20-29(19-9-18-28-17-8-7-10-21(28)2)26(30)27-24-11-5-6-12-25(24)31-3/h5-6,11-16,21H,4,7-10,17-20H2,1-3H3,(H,27,30). The largest absolute Gasteiger partial charge is 0.495 e. The monoisotopic (exact) mass is 439 g/mol. The van der Waals surface area contributed by atoms with Crippen LogP contribution in [0.3, 0.4) is 0 Å². The highest BCUT2D eigenvalue weighted by atomic mass is 16.5. The SMILES string of the molecule is CCOc1ccc(CN(CCCN2CCCCC2C)C(=O)Nc2ccccc2OC)cc1. The number of urea groups is 1. The Morgan fingerprint density at radius 2 is 1.94 bits per heavy atom. The van der Waals surface area contributed by atoms with Crippen LogP contribution < -0.4 is 14.8 Å². The summed E-state index contributed by atoms with van der Waals surface area (Å²) < 4.78 is 10.9. The molecule has 2 amide bonds. The number of para-hydroxylation sites is 2. The van der Waals surface area contributed by atoms with Crippen LogP contribution >= 0.6 is 0 Å². The van der Waals surface area contributed by atoms with Crippen LogP contribution in [0.25, 0.3) is 0 Å². The van der Waals surface area contributed by atoms with Crippen LogP contribution in [0.2, 0.25) is 0 Å². The van der Waals surface area contributed by atoms with Gasteiger partial charge in [0.2, 0.25) is 0 Å². The molecule has 3 rings (SSSR count). The fourth-order valence-corrected chi connectivity index (χ4v) is 4.23. The van der Waals surface area contributed by atoms with Crippen LogP contribution in [0.4, 0.5) is 10.5 Å². The second-order valence-corrected chi connectivity index (χ2v) is 8.36. The number of carbonyl (C=O) groups excluding carboxylic acids is 1. The van der Waals surface area contributed by atoms with Gasteiger partial charge in [0.15, 0.2) is 0 Å². The van der Waals surface area contributed by atoms with E-state index in [1.54, 1.807) is 7.11 Å². The molecule has 1 atom stereocenters. The number of anilines is 1. The van der Waals surface area contributed by atoms with Crippen LogP contribution in [-0.4, -0.2) is 55.2 Å². The number of ether oxygens (including phenoxy) is 2. The van der Waals surface area contributed by atoms with E-state index in [9.17, 15) is 4.79 Å². The average molecular weight is 440 g/mol. The normalized spacial score (nSPS) is 16.4. The maximum Gasteiger partial charge on any atom is 0.322 e. The molecule has 1 aliphatic rings. The smallest absolute Gasteiger partial charge is 0.322 e. The van der Waals surface area contributed by atoms with Crippen LogP contribution in [0.5, 0.6) is 11.5 Å². The summed E-state index contributed by atoms with van der Waals surface area (Å²) in [4.78, 5) is 17.7. The summed E-state index contributed by atoms with van der Waals surface area (Å²) in [6.45, 7) is 8.34. The lowest BCUT2D eigenvalue weighted by Crippen LogP contribution is -2.40. The minimum atomic E-state index is -0.116. The molecule has 0 aromatic heterocycles. The first-order valence-corrected chi connectivity index (χ1v) is 11.8. The number of benzene rings is 2. The molecule has 1 fully saturated rings. The molecule has 32 heavy (non-hydrogen) atoms. The quantitative estimate of drug-likeness (QED) is 0.539. The molecule has 2 aromatic carbocycles. The third kappa shape index (κ3) is 6.89. The van der Waals surface area contributed by atoms with Crippen molar-refractivity contribution in [1.29, 1.82) is 0 Å². The number of nitrogens with zero attached hydrogens (tertiary/aromatic N) is 2. The van der Waals surface area contributed by atoms with E-state index in [4.69, 9.17) is 9.47 Å². The van der Waals surface area contributed by atoms with Gasteiger partial charge in [-0.15, -0.1) is 0 Å². The number of likely N-dealkylation sites (tertiary alicyclic amines) is 1. The second kappa shape index (κ2) is 12.3. The van der Waals surface area contributed by atoms with Gasteiger partial charge in [-0.2, -0.15) is 0 Å². The topological polar surface area (TPSA) is 54.0 Å². The summed E-state index contributed by atoms with van der Waals surface area (Å²) in [5.74, 6) is 1.50. The molecule has 1 aliphatic heterocycles. The Kier molecular flexibility index (Phi) is 9.23. The molecule has 1 heterocycles. The van der Waals surface area contributed by atoms with Crippen molar-refractivity contribution in [3.8, 4) is 11.5 Å². The zero-order valence-electron chi connectivity index (χ0n) is 19.7. The van der Waals surface area contributed by atoms with E-state index < -0.39 is 0 Å². The summed E-state index contributed by atoms with van der Waals surface area (Å²) in [6, 6.07) is 16.0. The molecule has 1 N–H and O–H groups in total. The Hall–Kier alpha value is -2.73. The zero-order chi connectivity index (χ0) is 22.8. The number of piperidine rings is 1. The van der Waals surface area contributed by atoms with Crippen molar-refractivity contribution in [3.63, 3.8) is 0 Å². The fourth-order valence-electron chi connectivity index (χ4n) is 4.23. The van der Waals surface area contributed by atoms with Crippen molar-refractivity contribution < 1.29 is 14.3 Å². The lowest BCUT2D eigenvalue weighted by molar-refractivity contribution is 0.150. The molecular formula is C26H37N3O3. The number of amides is 2. The van der Waals surface area contributed by atoms with Crippen molar-refractivity contribution >= 4 is 11.7 Å². The highest BCUT2D eigenvalue weighted by Gasteiger charge is 2.20. The molecule has 0 saturated carbocycles. The zero-order valence-corrected chi connectivity index (χ0v) is 19.7. The second-order valence-electron chi connectivity index (χ2n) is 8.36. The molecule has 6 heteroatoms. The van der Waals surface area contributed by atoms with E-state index in [0.717, 1.165) is 30.8 Å². The maximum absolute atomic E-state index is 13.2. The van der Waals surface area contributed by atoms with E-state index in [1.165, 1.54) is 19.3 Å². The van der Waals surface area contributed by atoms with Crippen molar-refractivity contribution in [3.05, 3.63) is 54.1 Å². The fraction of sp³-hybridized carbons (Fsp3) is 0.500. The van der Waals surface area contributed by atoms with Crippen molar-refractivity contribution in [2.75, 3.05) is 38.7 Å². The molecule has 6 nitrogen and oxygen atoms in total. The van der Waals surface area contributed by atoms with Gasteiger partial charge in [-0.3, -0.25) is 0 Å². The molecule has 0 spiro atoms. The lowest BCUT2D eigenvalue weighted by atomic mass is 10.0. The molecule has 174 valence electrons. The van der Waals surface area contributed by atoms with Crippen LogP contribution in [-0.2, 0) is 6.54 Å².